The van der Waals surface area contributed by atoms with Crippen molar-refractivity contribution in [1.82, 2.24) is 0 Å². The Morgan fingerprint density at radius 1 is 1.12 bits per heavy atom. The number of unbranched alkanes of at least 4 members (excludes halogenated alkanes) is 5. The summed E-state index contributed by atoms with van der Waals surface area (Å²) in [4.78, 5) is 10.6. The van der Waals surface area contributed by atoms with E-state index in [2.05, 4.69) is 19.1 Å². The van der Waals surface area contributed by atoms with Gasteiger partial charge in [0.15, 0.2) is 0 Å². The van der Waals surface area contributed by atoms with Gasteiger partial charge >= 0.3 is 5.97 Å². The summed E-state index contributed by atoms with van der Waals surface area (Å²) in [5.41, 5.74) is 0. The minimum absolute atomic E-state index is 0.176. The summed E-state index contributed by atoms with van der Waals surface area (Å²) in [7, 11) is 0. The van der Waals surface area contributed by atoms with Crippen molar-refractivity contribution in [2.45, 2.75) is 65.2 Å². The van der Waals surface area contributed by atoms with Gasteiger partial charge < -0.3 is 5.11 Å². The van der Waals surface area contributed by atoms with Gasteiger partial charge in [-0.2, -0.15) is 0 Å². The average Bonchev–Trinajstić information content (AvgIpc) is 2.26. The Kier molecular flexibility index (Phi) is 10.2. The number of carbonyl (C=O) groups is 1. The molecule has 0 aromatic heterocycles. The molecule has 94 valence electrons. The molecule has 0 spiro atoms. The highest BCUT2D eigenvalue weighted by atomic mass is 16.4. The van der Waals surface area contributed by atoms with Gasteiger partial charge in [0.2, 0.25) is 0 Å². The fourth-order valence-electron chi connectivity index (χ4n) is 1.59. The Balaban J connectivity index is 3.18. The van der Waals surface area contributed by atoms with Crippen LogP contribution in [-0.2, 0) is 4.79 Å². The van der Waals surface area contributed by atoms with E-state index in [1.54, 1.807) is 6.92 Å². The lowest BCUT2D eigenvalue weighted by molar-refractivity contribution is -0.141. The minimum Gasteiger partial charge on any atom is -0.481 e. The first-order chi connectivity index (χ1) is 7.68. The summed E-state index contributed by atoms with van der Waals surface area (Å²) in [6.07, 6.45) is 13.6. The number of rotatable bonds is 10. The molecule has 0 bridgehead atoms. The third-order valence-corrected chi connectivity index (χ3v) is 2.80. The van der Waals surface area contributed by atoms with Crippen molar-refractivity contribution < 1.29 is 9.90 Å². The molecule has 0 amide bonds. The molecule has 0 heterocycles. The van der Waals surface area contributed by atoms with Crippen molar-refractivity contribution in [3.05, 3.63) is 12.2 Å². The van der Waals surface area contributed by atoms with Gasteiger partial charge in [0.1, 0.15) is 0 Å². The maximum Gasteiger partial charge on any atom is 0.306 e. The number of aliphatic carboxylic acids is 1. The molecule has 0 saturated carbocycles. The molecule has 0 aliphatic rings. The Morgan fingerprint density at radius 2 is 1.75 bits per heavy atom. The topological polar surface area (TPSA) is 37.3 Å². The van der Waals surface area contributed by atoms with Gasteiger partial charge in [-0.25, -0.2) is 0 Å². The maximum atomic E-state index is 10.6. The van der Waals surface area contributed by atoms with Crippen LogP contribution < -0.4 is 0 Å². The Bertz CT molecular complexity index is 197. The van der Waals surface area contributed by atoms with Crippen LogP contribution in [0.25, 0.3) is 0 Å². The molecule has 2 heteroatoms. The van der Waals surface area contributed by atoms with Crippen LogP contribution in [0.5, 0.6) is 0 Å². The summed E-state index contributed by atoms with van der Waals surface area (Å²) >= 11 is 0. The average molecular weight is 226 g/mol. The molecular formula is C14H26O2. The van der Waals surface area contributed by atoms with E-state index in [4.69, 9.17) is 5.11 Å². The molecule has 2 nitrogen and oxygen atoms in total. The number of hydrogen-bond acceptors (Lipinski definition) is 1. The first-order valence-electron chi connectivity index (χ1n) is 6.56. The van der Waals surface area contributed by atoms with Gasteiger partial charge in [0.05, 0.1) is 5.92 Å². The number of allylic oxidation sites excluding steroid dienone is 2. The third-order valence-electron chi connectivity index (χ3n) is 2.80. The molecule has 0 aromatic rings. The van der Waals surface area contributed by atoms with Crippen molar-refractivity contribution in [2.24, 2.45) is 5.92 Å². The Labute approximate surface area is 99.7 Å². The molecule has 0 aliphatic carbocycles. The fourth-order valence-corrected chi connectivity index (χ4v) is 1.59. The van der Waals surface area contributed by atoms with Gasteiger partial charge in [-0.05, 0) is 25.7 Å². The van der Waals surface area contributed by atoms with Crippen LogP contribution in [0, 0.1) is 5.92 Å². The fraction of sp³-hybridized carbons (Fsp3) is 0.786. The van der Waals surface area contributed by atoms with Crippen molar-refractivity contribution in [3.63, 3.8) is 0 Å². The van der Waals surface area contributed by atoms with E-state index in [0.717, 1.165) is 12.8 Å². The van der Waals surface area contributed by atoms with E-state index in [9.17, 15) is 4.79 Å². The number of hydrogen-bond donors (Lipinski definition) is 1. The largest absolute Gasteiger partial charge is 0.481 e. The van der Waals surface area contributed by atoms with Crippen molar-refractivity contribution in [1.29, 1.82) is 0 Å². The highest BCUT2D eigenvalue weighted by molar-refractivity contribution is 5.69. The molecule has 1 unspecified atom stereocenters. The number of carboxylic acids is 1. The van der Waals surface area contributed by atoms with E-state index in [-0.39, 0.29) is 5.92 Å². The molecule has 0 rings (SSSR count). The first kappa shape index (κ1) is 15.2. The maximum absolute atomic E-state index is 10.6. The second kappa shape index (κ2) is 10.7. The van der Waals surface area contributed by atoms with E-state index < -0.39 is 5.97 Å². The molecule has 1 N–H and O–H groups in total. The molecule has 1 atom stereocenters. The predicted octanol–water partition coefficient (Wildman–Crippen LogP) is 4.40. The second-order valence-corrected chi connectivity index (χ2v) is 4.49. The normalized spacial score (nSPS) is 13.1. The van der Waals surface area contributed by atoms with Crippen LogP contribution in [-0.4, -0.2) is 11.1 Å². The Hall–Kier alpha value is -0.790. The van der Waals surface area contributed by atoms with Crippen LogP contribution in [0.1, 0.15) is 65.2 Å². The van der Waals surface area contributed by atoms with Crippen LogP contribution in [0.15, 0.2) is 12.2 Å². The minimum atomic E-state index is -0.664. The second-order valence-electron chi connectivity index (χ2n) is 4.49. The van der Waals surface area contributed by atoms with Crippen LogP contribution in [0.2, 0.25) is 0 Å². The zero-order valence-corrected chi connectivity index (χ0v) is 10.7. The van der Waals surface area contributed by atoms with Crippen molar-refractivity contribution in [3.8, 4) is 0 Å². The van der Waals surface area contributed by atoms with E-state index >= 15 is 0 Å². The summed E-state index contributed by atoms with van der Waals surface area (Å²) in [6, 6.07) is 0. The zero-order valence-electron chi connectivity index (χ0n) is 10.7. The van der Waals surface area contributed by atoms with E-state index in [1.807, 2.05) is 0 Å². The smallest absolute Gasteiger partial charge is 0.306 e. The standard InChI is InChI=1S/C14H26O2/c1-3-4-5-6-7-8-9-10-11-12-13(2)14(15)16/h5-6,13H,3-4,7-12H2,1-2H3,(H,15,16). The third kappa shape index (κ3) is 9.75. The monoisotopic (exact) mass is 226 g/mol. The van der Waals surface area contributed by atoms with E-state index in [0.29, 0.717) is 0 Å². The Morgan fingerprint density at radius 3 is 2.38 bits per heavy atom. The molecule has 0 saturated heterocycles. The SMILES string of the molecule is CCCC=CCCCCCCC(C)C(=O)O. The highest BCUT2D eigenvalue weighted by Gasteiger charge is 2.08. The van der Waals surface area contributed by atoms with Crippen LogP contribution in [0.4, 0.5) is 0 Å². The molecule has 0 radical (unpaired) electrons. The van der Waals surface area contributed by atoms with Gasteiger partial charge in [-0.1, -0.05) is 51.7 Å². The summed E-state index contributed by atoms with van der Waals surface area (Å²) in [5, 5.41) is 8.70. The van der Waals surface area contributed by atoms with Crippen LogP contribution in [0.3, 0.4) is 0 Å². The quantitative estimate of drug-likeness (QED) is 0.442. The lowest BCUT2D eigenvalue weighted by Gasteiger charge is -2.04. The van der Waals surface area contributed by atoms with Crippen LogP contribution >= 0.6 is 0 Å². The van der Waals surface area contributed by atoms with Gasteiger partial charge in [0.25, 0.3) is 0 Å². The molecule has 0 aromatic carbocycles. The predicted molar refractivity (Wildman–Crippen MR) is 68.5 cm³/mol. The summed E-state index contributed by atoms with van der Waals surface area (Å²) in [6.45, 7) is 3.98. The molecule has 0 fully saturated rings. The van der Waals surface area contributed by atoms with Gasteiger partial charge in [-0.3, -0.25) is 4.79 Å². The molecular weight excluding hydrogens is 200 g/mol. The zero-order chi connectivity index (χ0) is 12.2. The summed E-state index contributed by atoms with van der Waals surface area (Å²) < 4.78 is 0. The van der Waals surface area contributed by atoms with Gasteiger partial charge in [-0.15, -0.1) is 0 Å². The van der Waals surface area contributed by atoms with E-state index in [1.165, 1.54) is 38.5 Å². The molecule has 16 heavy (non-hydrogen) atoms. The van der Waals surface area contributed by atoms with Gasteiger partial charge in [0, 0.05) is 0 Å². The van der Waals surface area contributed by atoms with Crippen molar-refractivity contribution in [2.75, 3.05) is 0 Å². The first-order valence-corrected chi connectivity index (χ1v) is 6.56. The highest BCUT2D eigenvalue weighted by Crippen LogP contribution is 2.11. The number of carboxylic acid groups (broad SMARTS) is 1. The summed E-state index contributed by atoms with van der Waals surface area (Å²) in [5.74, 6) is -0.841. The lowest BCUT2D eigenvalue weighted by Crippen LogP contribution is -2.08. The lowest BCUT2D eigenvalue weighted by atomic mass is 10.0. The molecule has 0 aliphatic heterocycles. The van der Waals surface area contributed by atoms with Crippen molar-refractivity contribution >= 4 is 5.97 Å².